The van der Waals surface area contributed by atoms with E-state index in [2.05, 4.69) is 15.4 Å². The predicted molar refractivity (Wildman–Crippen MR) is 105 cm³/mol. The summed E-state index contributed by atoms with van der Waals surface area (Å²) < 4.78 is 1.90. The molecule has 0 aliphatic carbocycles. The van der Waals surface area contributed by atoms with E-state index >= 15 is 0 Å². The van der Waals surface area contributed by atoms with Gasteiger partial charge in [0.05, 0.1) is 23.7 Å². The van der Waals surface area contributed by atoms with Crippen molar-refractivity contribution < 1.29 is 4.79 Å². The molecule has 2 heterocycles. The maximum absolute atomic E-state index is 12.2. The molecule has 134 valence electrons. The molecular formula is C20H22N4OS. The predicted octanol–water partition coefficient (Wildman–Crippen LogP) is 3.69. The molecule has 0 saturated carbocycles. The van der Waals surface area contributed by atoms with Gasteiger partial charge in [0, 0.05) is 29.4 Å². The summed E-state index contributed by atoms with van der Waals surface area (Å²) in [4.78, 5) is 16.3. The van der Waals surface area contributed by atoms with E-state index in [4.69, 9.17) is 0 Å². The van der Waals surface area contributed by atoms with Crippen molar-refractivity contribution in [2.75, 3.05) is 5.75 Å². The first-order valence-corrected chi connectivity index (χ1v) is 9.66. The molecule has 3 aromatic rings. The second kappa shape index (κ2) is 8.67. The molecule has 1 aromatic carbocycles. The van der Waals surface area contributed by atoms with Crippen LogP contribution in [0.15, 0.2) is 61.1 Å². The molecule has 0 bridgehead atoms. The third-order valence-corrected chi connectivity index (χ3v) is 5.12. The summed E-state index contributed by atoms with van der Waals surface area (Å²) in [6.45, 7) is 4.01. The molecule has 0 aliphatic rings. The number of amides is 1. The van der Waals surface area contributed by atoms with Gasteiger partial charge in [0.1, 0.15) is 0 Å². The van der Waals surface area contributed by atoms with Gasteiger partial charge < -0.3 is 5.32 Å². The Balaban J connectivity index is 1.55. The van der Waals surface area contributed by atoms with Crippen molar-refractivity contribution in [3.63, 3.8) is 0 Å². The van der Waals surface area contributed by atoms with Gasteiger partial charge >= 0.3 is 0 Å². The van der Waals surface area contributed by atoms with Gasteiger partial charge in [-0.2, -0.15) is 5.10 Å². The molecule has 0 radical (unpaired) electrons. The van der Waals surface area contributed by atoms with Crippen molar-refractivity contribution in [3.05, 3.63) is 77.9 Å². The van der Waals surface area contributed by atoms with E-state index in [0.29, 0.717) is 5.75 Å². The summed E-state index contributed by atoms with van der Waals surface area (Å²) in [7, 11) is 0. The van der Waals surface area contributed by atoms with Crippen molar-refractivity contribution in [2.24, 2.45) is 0 Å². The lowest BCUT2D eigenvalue weighted by Crippen LogP contribution is -2.28. The highest BCUT2D eigenvalue weighted by atomic mass is 32.2. The van der Waals surface area contributed by atoms with Gasteiger partial charge in [0.2, 0.25) is 5.91 Å². The van der Waals surface area contributed by atoms with E-state index in [9.17, 15) is 4.79 Å². The van der Waals surface area contributed by atoms with Crippen LogP contribution in [0.25, 0.3) is 5.69 Å². The van der Waals surface area contributed by atoms with Crippen molar-refractivity contribution in [1.29, 1.82) is 0 Å². The average Bonchev–Trinajstić information content (AvgIpc) is 3.05. The fourth-order valence-electron chi connectivity index (χ4n) is 2.78. The van der Waals surface area contributed by atoms with Crippen LogP contribution in [0.5, 0.6) is 0 Å². The zero-order valence-corrected chi connectivity index (χ0v) is 15.7. The van der Waals surface area contributed by atoms with Crippen LogP contribution in [-0.4, -0.2) is 26.4 Å². The van der Waals surface area contributed by atoms with E-state index < -0.39 is 0 Å². The van der Waals surface area contributed by atoms with Gasteiger partial charge in [-0.3, -0.25) is 9.78 Å². The van der Waals surface area contributed by atoms with Gasteiger partial charge in [-0.25, -0.2) is 4.68 Å². The summed E-state index contributed by atoms with van der Waals surface area (Å²) in [5.74, 6) is 1.23. The number of carbonyl (C=O) groups is 1. The largest absolute Gasteiger partial charge is 0.349 e. The van der Waals surface area contributed by atoms with E-state index in [1.54, 1.807) is 18.0 Å². The molecule has 1 atom stereocenters. The topological polar surface area (TPSA) is 59.8 Å². The molecule has 1 unspecified atom stereocenters. The number of pyridine rings is 1. The Hall–Kier alpha value is -2.60. The average molecular weight is 366 g/mol. The number of thioether (sulfide) groups is 1. The monoisotopic (exact) mass is 366 g/mol. The summed E-state index contributed by atoms with van der Waals surface area (Å²) >= 11 is 1.59. The lowest BCUT2D eigenvalue weighted by atomic mass is 10.1. The number of hydrogen-bond donors (Lipinski definition) is 1. The van der Waals surface area contributed by atoms with Crippen LogP contribution >= 0.6 is 11.8 Å². The quantitative estimate of drug-likeness (QED) is 0.693. The standard InChI is InChI=1S/C20H22N4OS/c1-15(23-20(25)14-26-13-17-7-6-10-21-11-17)19-12-22-24(16(19)2)18-8-4-3-5-9-18/h3-12,15H,13-14H2,1-2H3,(H,23,25). The number of benzene rings is 1. The first-order valence-electron chi connectivity index (χ1n) is 8.51. The number of nitrogens with one attached hydrogen (secondary N) is 1. The SMILES string of the molecule is Cc1c(C(C)NC(=O)CSCc2cccnc2)cnn1-c1ccccc1. The minimum Gasteiger partial charge on any atom is -0.349 e. The molecule has 1 N–H and O–H groups in total. The van der Waals surface area contributed by atoms with Gasteiger partial charge in [-0.05, 0) is 37.6 Å². The normalized spacial score (nSPS) is 11.9. The van der Waals surface area contributed by atoms with Crippen LogP contribution < -0.4 is 5.32 Å². The zero-order valence-electron chi connectivity index (χ0n) is 14.9. The number of rotatable bonds is 7. The molecule has 0 saturated heterocycles. The third kappa shape index (κ3) is 4.52. The molecule has 1 amide bonds. The first kappa shape index (κ1) is 18.2. The van der Waals surface area contributed by atoms with Crippen molar-refractivity contribution in [3.8, 4) is 5.69 Å². The molecule has 0 spiro atoms. The number of aromatic nitrogens is 3. The summed E-state index contributed by atoms with van der Waals surface area (Å²) in [6, 6.07) is 13.8. The van der Waals surface area contributed by atoms with Gasteiger partial charge in [0.25, 0.3) is 0 Å². The minimum absolute atomic E-state index is 0.0262. The van der Waals surface area contributed by atoms with E-state index in [-0.39, 0.29) is 11.9 Å². The lowest BCUT2D eigenvalue weighted by molar-refractivity contribution is -0.119. The molecule has 3 rings (SSSR count). The number of carbonyl (C=O) groups excluding carboxylic acids is 1. The summed E-state index contributed by atoms with van der Waals surface area (Å²) in [6.07, 6.45) is 5.41. The van der Waals surface area contributed by atoms with Crippen LogP contribution in [0.1, 0.15) is 29.8 Å². The Morgan fingerprint density at radius 3 is 2.73 bits per heavy atom. The van der Waals surface area contributed by atoms with E-state index in [0.717, 1.165) is 28.3 Å². The molecule has 26 heavy (non-hydrogen) atoms. The fourth-order valence-corrected chi connectivity index (χ4v) is 3.56. The molecule has 0 aliphatic heterocycles. The molecule has 0 fully saturated rings. The number of hydrogen-bond acceptors (Lipinski definition) is 4. The maximum Gasteiger partial charge on any atom is 0.230 e. The Labute approximate surface area is 157 Å². The Morgan fingerprint density at radius 2 is 2.00 bits per heavy atom. The van der Waals surface area contributed by atoms with Gasteiger partial charge in [-0.15, -0.1) is 11.8 Å². The van der Waals surface area contributed by atoms with Crippen molar-refractivity contribution in [2.45, 2.75) is 25.6 Å². The Kier molecular flexibility index (Phi) is 6.07. The van der Waals surface area contributed by atoms with E-state index in [1.807, 2.05) is 73.4 Å². The summed E-state index contributed by atoms with van der Waals surface area (Å²) in [5.41, 5.74) is 4.20. The minimum atomic E-state index is -0.0843. The molecule has 5 nitrogen and oxygen atoms in total. The second-order valence-electron chi connectivity index (χ2n) is 6.08. The van der Waals surface area contributed by atoms with Gasteiger partial charge in [-0.1, -0.05) is 24.3 Å². The van der Waals surface area contributed by atoms with Crippen LogP contribution in [-0.2, 0) is 10.5 Å². The molecule has 6 heteroatoms. The highest BCUT2D eigenvalue weighted by Gasteiger charge is 2.16. The summed E-state index contributed by atoms with van der Waals surface area (Å²) in [5, 5.41) is 7.53. The highest BCUT2D eigenvalue weighted by molar-refractivity contribution is 7.99. The van der Waals surface area contributed by atoms with Gasteiger partial charge in [0.15, 0.2) is 0 Å². The Bertz CT molecular complexity index is 849. The lowest BCUT2D eigenvalue weighted by Gasteiger charge is -2.14. The Morgan fingerprint density at radius 1 is 1.19 bits per heavy atom. The zero-order chi connectivity index (χ0) is 18.4. The number of para-hydroxylation sites is 1. The third-order valence-electron chi connectivity index (χ3n) is 4.12. The second-order valence-corrected chi connectivity index (χ2v) is 7.06. The van der Waals surface area contributed by atoms with Crippen LogP contribution in [0, 0.1) is 6.92 Å². The van der Waals surface area contributed by atoms with Crippen molar-refractivity contribution >= 4 is 17.7 Å². The number of nitrogens with zero attached hydrogens (tertiary/aromatic N) is 3. The van der Waals surface area contributed by atoms with Crippen LogP contribution in [0.2, 0.25) is 0 Å². The molecular weight excluding hydrogens is 344 g/mol. The maximum atomic E-state index is 12.2. The van der Waals surface area contributed by atoms with E-state index in [1.165, 1.54) is 0 Å². The van der Waals surface area contributed by atoms with Crippen LogP contribution in [0.4, 0.5) is 0 Å². The fraction of sp³-hybridized carbons (Fsp3) is 0.250. The first-order chi connectivity index (χ1) is 12.6. The highest BCUT2D eigenvalue weighted by Crippen LogP contribution is 2.20. The van der Waals surface area contributed by atoms with Crippen LogP contribution in [0.3, 0.4) is 0 Å². The van der Waals surface area contributed by atoms with Crippen molar-refractivity contribution in [1.82, 2.24) is 20.1 Å². The smallest absolute Gasteiger partial charge is 0.230 e. The molecule has 2 aromatic heterocycles.